The van der Waals surface area contributed by atoms with Crippen molar-refractivity contribution in [2.75, 3.05) is 12.4 Å². The Bertz CT molecular complexity index is 443. The van der Waals surface area contributed by atoms with E-state index in [4.69, 9.17) is 0 Å². The molecule has 1 aromatic rings. The molecule has 0 atom stereocenters. The van der Waals surface area contributed by atoms with Crippen molar-refractivity contribution >= 4 is 17.3 Å². The summed E-state index contributed by atoms with van der Waals surface area (Å²) in [6.45, 7) is 3.19. The lowest BCUT2D eigenvalue weighted by Gasteiger charge is -2.24. The first-order valence-electron chi connectivity index (χ1n) is 4.98. The summed E-state index contributed by atoms with van der Waals surface area (Å²) in [5, 5.41) is 13.6. The van der Waals surface area contributed by atoms with E-state index in [1.54, 1.807) is 32.0 Å². The van der Waals surface area contributed by atoms with E-state index in [0.29, 0.717) is 0 Å². The standard InChI is InChI=1S/C11H14N2O4/c1-11(2,10(14)17-3)12-8-6-4-5-7-9(8)13(15)16/h4-7,12H,1-3H3. The van der Waals surface area contributed by atoms with E-state index >= 15 is 0 Å². The van der Waals surface area contributed by atoms with Crippen LogP contribution in [0.3, 0.4) is 0 Å². The van der Waals surface area contributed by atoms with Crippen LogP contribution in [0.4, 0.5) is 11.4 Å². The molecule has 17 heavy (non-hydrogen) atoms. The molecule has 1 rings (SSSR count). The van der Waals surface area contributed by atoms with E-state index in [2.05, 4.69) is 10.1 Å². The van der Waals surface area contributed by atoms with Gasteiger partial charge in [-0.15, -0.1) is 0 Å². The van der Waals surface area contributed by atoms with Crippen LogP contribution in [0.25, 0.3) is 0 Å². The van der Waals surface area contributed by atoms with Crippen molar-refractivity contribution < 1.29 is 14.5 Å². The van der Waals surface area contributed by atoms with Gasteiger partial charge < -0.3 is 10.1 Å². The molecule has 0 fully saturated rings. The number of anilines is 1. The summed E-state index contributed by atoms with van der Waals surface area (Å²) in [6.07, 6.45) is 0. The quantitative estimate of drug-likeness (QED) is 0.492. The minimum atomic E-state index is -1.03. The predicted molar refractivity (Wildman–Crippen MR) is 62.8 cm³/mol. The number of rotatable bonds is 4. The molecule has 6 heteroatoms. The molecular formula is C11H14N2O4. The van der Waals surface area contributed by atoms with Crippen LogP contribution >= 0.6 is 0 Å². The van der Waals surface area contributed by atoms with Crippen molar-refractivity contribution in [1.29, 1.82) is 0 Å². The van der Waals surface area contributed by atoms with Crippen LogP contribution in [-0.2, 0) is 9.53 Å². The van der Waals surface area contributed by atoms with E-state index in [1.165, 1.54) is 13.2 Å². The van der Waals surface area contributed by atoms with Crippen LogP contribution in [0.5, 0.6) is 0 Å². The number of ether oxygens (including phenoxy) is 1. The SMILES string of the molecule is COC(=O)C(C)(C)Nc1ccccc1[N+](=O)[O-]. The van der Waals surface area contributed by atoms with E-state index in [1.807, 2.05) is 0 Å². The van der Waals surface area contributed by atoms with Crippen molar-refractivity contribution in [2.24, 2.45) is 0 Å². The van der Waals surface area contributed by atoms with Gasteiger partial charge in [0.05, 0.1) is 12.0 Å². The van der Waals surface area contributed by atoms with Crippen LogP contribution < -0.4 is 5.32 Å². The lowest BCUT2D eigenvalue weighted by atomic mass is 10.1. The molecule has 92 valence electrons. The monoisotopic (exact) mass is 238 g/mol. The predicted octanol–water partition coefficient (Wildman–Crippen LogP) is 1.96. The third-order valence-electron chi connectivity index (χ3n) is 2.24. The van der Waals surface area contributed by atoms with Gasteiger partial charge in [0.15, 0.2) is 0 Å². The number of para-hydroxylation sites is 2. The highest BCUT2D eigenvalue weighted by molar-refractivity contribution is 5.84. The topological polar surface area (TPSA) is 81.5 Å². The minimum Gasteiger partial charge on any atom is -0.467 e. The van der Waals surface area contributed by atoms with Gasteiger partial charge in [-0.25, -0.2) is 4.79 Å². The molecule has 1 aromatic carbocycles. The second kappa shape index (κ2) is 4.82. The average molecular weight is 238 g/mol. The molecule has 0 aromatic heterocycles. The van der Waals surface area contributed by atoms with Gasteiger partial charge >= 0.3 is 5.97 Å². The van der Waals surface area contributed by atoms with Crippen LogP contribution in [0.2, 0.25) is 0 Å². The molecule has 0 amide bonds. The summed E-state index contributed by atoms with van der Waals surface area (Å²) in [6, 6.07) is 6.13. The van der Waals surface area contributed by atoms with E-state index in [-0.39, 0.29) is 11.4 Å². The lowest BCUT2D eigenvalue weighted by Crippen LogP contribution is -2.41. The summed E-state index contributed by atoms with van der Waals surface area (Å²) < 4.78 is 4.62. The number of nitro groups is 1. The summed E-state index contributed by atoms with van der Waals surface area (Å²) in [4.78, 5) is 21.8. The van der Waals surface area contributed by atoms with Gasteiger partial charge in [-0.05, 0) is 19.9 Å². The molecule has 0 saturated heterocycles. The molecule has 0 aliphatic heterocycles. The molecule has 0 bridgehead atoms. The largest absolute Gasteiger partial charge is 0.467 e. The molecule has 6 nitrogen and oxygen atoms in total. The second-order valence-corrected chi connectivity index (χ2v) is 4.02. The second-order valence-electron chi connectivity index (χ2n) is 4.02. The molecular weight excluding hydrogens is 224 g/mol. The molecule has 0 aliphatic carbocycles. The van der Waals surface area contributed by atoms with Crippen molar-refractivity contribution in [3.8, 4) is 0 Å². The maximum absolute atomic E-state index is 11.5. The zero-order valence-electron chi connectivity index (χ0n) is 9.89. The van der Waals surface area contributed by atoms with Gasteiger partial charge in [0.2, 0.25) is 0 Å². The van der Waals surface area contributed by atoms with Crippen molar-refractivity contribution in [3.05, 3.63) is 34.4 Å². The highest BCUT2D eigenvalue weighted by Gasteiger charge is 2.30. The normalized spacial score (nSPS) is 10.8. The highest BCUT2D eigenvalue weighted by Crippen LogP contribution is 2.26. The maximum atomic E-state index is 11.5. The number of carbonyl (C=O) groups is 1. The summed E-state index contributed by atoms with van der Waals surface area (Å²) >= 11 is 0. The number of benzene rings is 1. The average Bonchev–Trinajstić information content (AvgIpc) is 2.27. The first-order chi connectivity index (χ1) is 7.88. The Morgan fingerprint density at radius 2 is 2.00 bits per heavy atom. The number of nitrogens with one attached hydrogen (secondary N) is 1. The Balaban J connectivity index is 3.03. The van der Waals surface area contributed by atoms with Crippen LogP contribution in [0.1, 0.15) is 13.8 Å². The van der Waals surface area contributed by atoms with Crippen molar-refractivity contribution in [2.45, 2.75) is 19.4 Å². The smallest absolute Gasteiger partial charge is 0.330 e. The number of esters is 1. The third kappa shape index (κ3) is 2.93. The number of hydrogen-bond acceptors (Lipinski definition) is 5. The summed E-state index contributed by atoms with van der Waals surface area (Å²) in [5.41, 5.74) is -0.821. The van der Waals surface area contributed by atoms with E-state index in [9.17, 15) is 14.9 Å². The molecule has 0 heterocycles. The Labute approximate surface area is 98.7 Å². The Morgan fingerprint density at radius 1 is 1.41 bits per heavy atom. The maximum Gasteiger partial charge on any atom is 0.330 e. The molecule has 1 N–H and O–H groups in total. The van der Waals surface area contributed by atoms with E-state index in [0.717, 1.165) is 0 Å². The Morgan fingerprint density at radius 3 is 2.53 bits per heavy atom. The van der Waals surface area contributed by atoms with Gasteiger partial charge in [-0.3, -0.25) is 10.1 Å². The van der Waals surface area contributed by atoms with Crippen molar-refractivity contribution in [1.82, 2.24) is 0 Å². The number of carbonyl (C=O) groups excluding carboxylic acids is 1. The fourth-order valence-electron chi connectivity index (χ4n) is 1.38. The summed E-state index contributed by atoms with van der Waals surface area (Å²) in [5.74, 6) is -0.490. The lowest BCUT2D eigenvalue weighted by molar-refractivity contribution is -0.384. The number of hydrogen-bond donors (Lipinski definition) is 1. The summed E-state index contributed by atoms with van der Waals surface area (Å²) in [7, 11) is 1.27. The minimum absolute atomic E-state index is 0.0792. The first-order valence-corrected chi connectivity index (χ1v) is 4.98. The number of methoxy groups -OCH3 is 1. The van der Waals surface area contributed by atoms with Crippen molar-refractivity contribution in [3.63, 3.8) is 0 Å². The van der Waals surface area contributed by atoms with E-state index < -0.39 is 16.4 Å². The number of nitrogens with zero attached hydrogens (tertiary/aromatic N) is 1. The molecule has 0 radical (unpaired) electrons. The van der Waals surface area contributed by atoms with Gasteiger partial charge in [0, 0.05) is 6.07 Å². The fraction of sp³-hybridized carbons (Fsp3) is 0.364. The fourth-order valence-corrected chi connectivity index (χ4v) is 1.38. The first kappa shape index (κ1) is 13.0. The molecule has 0 unspecified atom stereocenters. The van der Waals surface area contributed by atoms with Crippen LogP contribution in [0.15, 0.2) is 24.3 Å². The molecule has 0 spiro atoms. The third-order valence-corrected chi connectivity index (χ3v) is 2.24. The Kier molecular flexibility index (Phi) is 3.67. The van der Waals surface area contributed by atoms with Gasteiger partial charge in [-0.2, -0.15) is 0 Å². The molecule has 0 saturated carbocycles. The zero-order chi connectivity index (χ0) is 13.1. The van der Waals surface area contributed by atoms with Gasteiger partial charge in [0.1, 0.15) is 11.2 Å². The van der Waals surface area contributed by atoms with Crippen LogP contribution in [-0.4, -0.2) is 23.5 Å². The number of nitro benzene ring substituents is 1. The van der Waals surface area contributed by atoms with Gasteiger partial charge in [-0.1, -0.05) is 12.1 Å². The Hall–Kier alpha value is -2.11. The van der Waals surface area contributed by atoms with Gasteiger partial charge in [0.25, 0.3) is 5.69 Å². The molecule has 0 aliphatic rings. The zero-order valence-corrected chi connectivity index (χ0v) is 9.89. The van der Waals surface area contributed by atoms with Crippen LogP contribution in [0, 0.1) is 10.1 Å². The highest BCUT2D eigenvalue weighted by atomic mass is 16.6.